The summed E-state index contributed by atoms with van der Waals surface area (Å²) in [6.45, 7) is 2.78. The first kappa shape index (κ1) is 17.6. The van der Waals surface area contributed by atoms with Crippen molar-refractivity contribution in [1.29, 1.82) is 0 Å². The van der Waals surface area contributed by atoms with Crippen molar-refractivity contribution in [3.63, 3.8) is 0 Å². The maximum Gasteiger partial charge on any atom is 0.415 e. The summed E-state index contributed by atoms with van der Waals surface area (Å²) in [4.78, 5) is 20.1. The molecule has 26 heavy (non-hydrogen) atoms. The maximum atomic E-state index is 12.3. The molecule has 136 valence electrons. The van der Waals surface area contributed by atoms with Gasteiger partial charge in [0.05, 0.1) is 5.69 Å². The maximum absolute atomic E-state index is 12.3. The van der Waals surface area contributed by atoms with Crippen LogP contribution >= 0.6 is 0 Å². The van der Waals surface area contributed by atoms with Gasteiger partial charge in [-0.15, -0.1) is 5.11 Å². The molecule has 1 amide bonds. The van der Waals surface area contributed by atoms with E-state index in [4.69, 9.17) is 16.2 Å². The Morgan fingerprint density at radius 1 is 1.08 bits per heavy atom. The fraction of sp³-hybridized carbons (Fsp3) is 0.294. The topological polar surface area (TPSA) is 122 Å². The summed E-state index contributed by atoms with van der Waals surface area (Å²) in [5, 5.41) is 8.17. The predicted octanol–water partition coefficient (Wildman–Crippen LogP) is 2.41. The molecule has 3 rings (SSSR count). The normalized spacial score (nSPS) is 15.3. The molecule has 2 heterocycles. The van der Waals surface area contributed by atoms with E-state index in [2.05, 4.69) is 20.1 Å². The van der Waals surface area contributed by atoms with Crippen molar-refractivity contribution in [3.05, 3.63) is 36.4 Å². The van der Waals surface area contributed by atoms with E-state index < -0.39 is 6.09 Å². The second-order valence-electron chi connectivity index (χ2n) is 5.97. The Morgan fingerprint density at radius 3 is 2.46 bits per heavy atom. The first-order chi connectivity index (χ1) is 12.5. The van der Waals surface area contributed by atoms with Crippen molar-refractivity contribution in [1.82, 2.24) is 14.8 Å². The van der Waals surface area contributed by atoms with E-state index in [9.17, 15) is 4.79 Å². The first-order valence-electron chi connectivity index (χ1n) is 8.21. The van der Waals surface area contributed by atoms with Crippen LogP contribution in [0.5, 0.6) is 5.75 Å². The van der Waals surface area contributed by atoms with Crippen LogP contribution in [0, 0.1) is 0 Å². The second kappa shape index (κ2) is 7.79. The minimum atomic E-state index is -0.470. The van der Waals surface area contributed by atoms with Gasteiger partial charge in [0.1, 0.15) is 5.69 Å². The van der Waals surface area contributed by atoms with Crippen LogP contribution in [-0.4, -0.2) is 54.1 Å². The quantitative estimate of drug-likeness (QED) is 0.815. The average molecular weight is 355 g/mol. The summed E-state index contributed by atoms with van der Waals surface area (Å²) in [7, 11) is 2.01. The summed E-state index contributed by atoms with van der Waals surface area (Å²) in [6, 6.07) is 10.7. The van der Waals surface area contributed by atoms with Gasteiger partial charge in [-0.3, -0.25) is 0 Å². The number of nitrogens with two attached hydrogens (primary N) is 2. The van der Waals surface area contributed by atoms with Crippen molar-refractivity contribution in [2.75, 3.05) is 44.7 Å². The molecule has 0 bridgehead atoms. The molecule has 1 aliphatic heterocycles. The number of hydrogen-bond donors (Lipinski definition) is 2. The SMILES string of the molecule is CN1CCN(C(=O)Oc2cc(/N=N/c3ccccc3)c(N)nc2N)CC1. The zero-order chi connectivity index (χ0) is 18.5. The van der Waals surface area contributed by atoms with E-state index in [1.807, 2.05) is 25.2 Å². The smallest absolute Gasteiger partial charge is 0.406 e. The molecule has 4 N–H and O–H groups in total. The van der Waals surface area contributed by atoms with Gasteiger partial charge in [0.15, 0.2) is 17.4 Å². The lowest BCUT2D eigenvalue weighted by molar-refractivity contribution is 0.120. The molecule has 0 atom stereocenters. The van der Waals surface area contributed by atoms with Gasteiger partial charge in [-0.1, -0.05) is 18.2 Å². The predicted molar refractivity (Wildman–Crippen MR) is 98.8 cm³/mol. The van der Waals surface area contributed by atoms with E-state index in [-0.39, 0.29) is 23.1 Å². The standard InChI is InChI=1S/C17H21N7O2/c1-23-7-9-24(10-8-23)17(25)26-14-11-13(15(18)20-16(14)19)22-21-12-5-3-2-4-6-12/h2-6,11H,7-10H2,1H3,(H4,18,19,20)/b22-21+. The van der Waals surface area contributed by atoms with E-state index in [0.717, 1.165) is 13.1 Å². The Morgan fingerprint density at radius 2 is 1.77 bits per heavy atom. The Balaban J connectivity index is 1.75. The van der Waals surface area contributed by atoms with Gasteiger partial charge in [0.25, 0.3) is 0 Å². The lowest BCUT2D eigenvalue weighted by Crippen LogP contribution is -2.48. The third-order valence-electron chi connectivity index (χ3n) is 4.01. The number of carbonyl (C=O) groups is 1. The highest BCUT2D eigenvalue weighted by atomic mass is 16.6. The minimum Gasteiger partial charge on any atom is -0.406 e. The van der Waals surface area contributed by atoms with Gasteiger partial charge < -0.3 is 26.0 Å². The van der Waals surface area contributed by atoms with Gasteiger partial charge in [0.2, 0.25) is 0 Å². The summed E-state index contributed by atoms with van der Waals surface area (Å²) in [5.41, 5.74) is 12.6. The van der Waals surface area contributed by atoms with E-state index in [1.54, 1.807) is 17.0 Å². The van der Waals surface area contributed by atoms with E-state index >= 15 is 0 Å². The third-order valence-corrected chi connectivity index (χ3v) is 4.01. The number of anilines is 2. The molecule has 9 nitrogen and oxygen atoms in total. The second-order valence-corrected chi connectivity index (χ2v) is 5.97. The zero-order valence-corrected chi connectivity index (χ0v) is 14.5. The molecule has 1 saturated heterocycles. The van der Waals surface area contributed by atoms with Crippen molar-refractivity contribution in [3.8, 4) is 5.75 Å². The van der Waals surface area contributed by atoms with Gasteiger partial charge in [0, 0.05) is 32.2 Å². The number of likely N-dealkylation sites (N-methyl/N-ethyl adjacent to an activating group) is 1. The number of hydrogen-bond acceptors (Lipinski definition) is 8. The molecular weight excluding hydrogens is 334 g/mol. The number of amides is 1. The van der Waals surface area contributed by atoms with Crippen LogP contribution in [0.1, 0.15) is 0 Å². The number of nitrogens with zero attached hydrogens (tertiary/aromatic N) is 5. The Hall–Kier alpha value is -3.20. The lowest BCUT2D eigenvalue weighted by atomic mass is 10.3. The van der Waals surface area contributed by atoms with Crippen LogP contribution in [-0.2, 0) is 0 Å². The van der Waals surface area contributed by atoms with Gasteiger partial charge in [-0.25, -0.2) is 9.78 Å². The number of nitrogen functional groups attached to an aromatic ring is 2. The van der Waals surface area contributed by atoms with Crippen molar-refractivity contribution >= 4 is 29.1 Å². The van der Waals surface area contributed by atoms with Crippen LogP contribution in [0.2, 0.25) is 0 Å². The number of carbonyl (C=O) groups excluding carboxylic acids is 1. The molecule has 2 aromatic rings. The van der Waals surface area contributed by atoms with Crippen LogP contribution in [0.4, 0.5) is 27.8 Å². The number of ether oxygens (including phenoxy) is 1. The molecule has 0 unspecified atom stereocenters. The number of pyridine rings is 1. The summed E-state index contributed by atoms with van der Waals surface area (Å²) < 4.78 is 5.39. The number of rotatable bonds is 3. The zero-order valence-electron chi connectivity index (χ0n) is 14.5. The highest BCUT2D eigenvalue weighted by Crippen LogP contribution is 2.31. The molecule has 0 saturated carbocycles. The third kappa shape index (κ3) is 4.25. The molecule has 0 radical (unpaired) electrons. The summed E-state index contributed by atoms with van der Waals surface area (Å²) >= 11 is 0. The van der Waals surface area contributed by atoms with Crippen LogP contribution in [0.15, 0.2) is 46.6 Å². The summed E-state index contributed by atoms with van der Waals surface area (Å²) in [5.74, 6) is 0.260. The van der Waals surface area contributed by atoms with Gasteiger partial charge in [-0.05, 0) is 19.2 Å². The molecule has 9 heteroatoms. The van der Waals surface area contributed by atoms with Crippen LogP contribution < -0.4 is 16.2 Å². The highest BCUT2D eigenvalue weighted by molar-refractivity contribution is 5.75. The molecule has 0 aliphatic carbocycles. The van der Waals surface area contributed by atoms with Crippen molar-refractivity contribution < 1.29 is 9.53 Å². The minimum absolute atomic E-state index is 0.0311. The monoisotopic (exact) mass is 355 g/mol. The summed E-state index contributed by atoms with van der Waals surface area (Å²) in [6.07, 6.45) is -0.470. The number of aromatic nitrogens is 1. The number of benzene rings is 1. The van der Waals surface area contributed by atoms with Crippen LogP contribution in [0.25, 0.3) is 0 Å². The molecule has 1 aliphatic rings. The van der Waals surface area contributed by atoms with E-state index in [1.165, 1.54) is 6.07 Å². The number of azo groups is 1. The fourth-order valence-electron chi connectivity index (χ4n) is 2.43. The molecule has 0 spiro atoms. The Bertz CT molecular complexity index is 802. The molecule has 1 fully saturated rings. The highest BCUT2D eigenvalue weighted by Gasteiger charge is 2.22. The Kier molecular flexibility index (Phi) is 5.28. The molecule has 1 aromatic carbocycles. The number of piperazine rings is 1. The first-order valence-corrected chi connectivity index (χ1v) is 8.21. The van der Waals surface area contributed by atoms with Gasteiger partial charge in [-0.2, -0.15) is 5.11 Å². The fourth-order valence-corrected chi connectivity index (χ4v) is 2.43. The Labute approximate surface area is 151 Å². The molecular formula is C17H21N7O2. The van der Waals surface area contributed by atoms with Crippen LogP contribution in [0.3, 0.4) is 0 Å². The van der Waals surface area contributed by atoms with Crippen molar-refractivity contribution in [2.45, 2.75) is 0 Å². The van der Waals surface area contributed by atoms with E-state index in [0.29, 0.717) is 18.8 Å². The molecule has 1 aromatic heterocycles. The van der Waals surface area contributed by atoms with Crippen molar-refractivity contribution in [2.24, 2.45) is 10.2 Å². The average Bonchev–Trinajstić information content (AvgIpc) is 2.64. The lowest BCUT2D eigenvalue weighted by Gasteiger charge is -2.31. The van der Waals surface area contributed by atoms with Gasteiger partial charge >= 0.3 is 6.09 Å². The largest absolute Gasteiger partial charge is 0.415 e.